The molecule has 0 bridgehead atoms. The number of hydrogen-bond donors (Lipinski definition) is 0. The fourth-order valence-electron chi connectivity index (χ4n) is 4.19. The molecular weight excluding hydrogens is 448 g/mol. The molecule has 1 aliphatic rings. The molecule has 0 saturated carbocycles. The van der Waals surface area contributed by atoms with Crippen LogP contribution in [0.25, 0.3) is 0 Å². The second kappa shape index (κ2) is 13.8. The normalized spacial score (nSPS) is 34.4. The maximum atomic E-state index is 12.9. The largest absolute Gasteiger partial charge is 0.490 e. The average molecular weight is 493 g/mol. The quantitative estimate of drug-likeness (QED) is 0.272. The van der Waals surface area contributed by atoms with Gasteiger partial charge < -0.3 is 23.4 Å². The van der Waals surface area contributed by atoms with Gasteiger partial charge in [0.1, 0.15) is 18.5 Å². The molecule has 0 aromatic rings. The molecule has 0 unspecified atom stereocenters. The first kappa shape index (κ1) is 30.1. The second-order valence-electron chi connectivity index (χ2n) is 10.3. The van der Waals surface area contributed by atoms with E-state index in [1.807, 2.05) is 25.2 Å². The minimum Gasteiger partial charge on any atom is -0.490 e. The third kappa shape index (κ3) is 9.72. The number of cyclic esters (lactones) is 1. The number of rotatable bonds is 6. The van der Waals surface area contributed by atoms with Crippen molar-refractivity contribution in [3.63, 3.8) is 0 Å². The fourth-order valence-corrected chi connectivity index (χ4v) is 5.46. The third-order valence-electron chi connectivity index (χ3n) is 5.77. The summed E-state index contributed by atoms with van der Waals surface area (Å²) in [5.74, 6) is -0.707. The van der Waals surface area contributed by atoms with Crippen molar-refractivity contribution in [3.05, 3.63) is 47.3 Å². The van der Waals surface area contributed by atoms with Crippen LogP contribution in [0, 0.1) is 17.8 Å². The maximum Gasteiger partial charge on any atom is 0.373 e. The van der Waals surface area contributed by atoms with Crippen LogP contribution in [0.15, 0.2) is 47.3 Å². The summed E-state index contributed by atoms with van der Waals surface area (Å²) in [6, 6.07) is 0. The van der Waals surface area contributed by atoms with Gasteiger partial charge in [0.15, 0.2) is 8.32 Å². The molecule has 1 heterocycles. The van der Waals surface area contributed by atoms with Crippen LogP contribution in [-0.2, 0) is 28.2 Å². The van der Waals surface area contributed by atoms with Crippen molar-refractivity contribution in [1.82, 2.24) is 0 Å². The van der Waals surface area contributed by atoms with Gasteiger partial charge in [-0.2, -0.15) is 0 Å². The van der Waals surface area contributed by atoms with E-state index in [9.17, 15) is 9.59 Å². The average Bonchev–Trinajstić information content (AvgIpc) is 2.75. The predicted molar refractivity (Wildman–Crippen MR) is 139 cm³/mol. The zero-order valence-electron chi connectivity index (χ0n) is 22.6. The summed E-state index contributed by atoms with van der Waals surface area (Å²) in [5.41, 5.74) is 2.08. The van der Waals surface area contributed by atoms with E-state index < -0.39 is 32.4 Å². The van der Waals surface area contributed by atoms with Gasteiger partial charge in [0, 0.05) is 7.11 Å². The lowest BCUT2D eigenvalue weighted by Crippen LogP contribution is -2.39. The van der Waals surface area contributed by atoms with Gasteiger partial charge in [-0.25, -0.2) is 4.79 Å². The topological polar surface area (TPSA) is 71.1 Å². The molecule has 7 heteroatoms. The van der Waals surface area contributed by atoms with Crippen molar-refractivity contribution in [2.75, 3.05) is 14.2 Å². The van der Waals surface area contributed by atoms with Gasteiger partial charge in [0.2, 0.25) is 5.76 Å². The Hall–Kier alpha value is -1.96. The Bertz CT molecular complexity index is 804. The number of carbonyl (C=O) groups is 2. The standard InChI is InChI=1S/C27H44O6Si/c1-18-12-11-13-23(30-6)26(22(5)17-28)32-27(29)24(31-7)16-19(2)15-21(4)25(20(3)14-18)33-34(8,9)10/h11-13,15-17,20-23,25-26H,14H2,1-10H3/b13-11+,18-12+,19-15+,24-16+/t20-,21+,22-,23-,25-,26+/m0/s1. The lowest BCUT2D eigenvalue weighted by molar-refractivity contribution is -0.157. The van der Waals surface area contributed by atoms with E-state index in [1.165, 1.54) is 19.8 Å². The summed E-state index contributed by atoms with van der Waals surface area (Å²) >= 11 is 0. The smallest absolute Gasteiger partial charge is 0.373 e. The van der Waals surface area contributed by atoms with Crippen LogP contribution >= 0.6 is 0 Å². The Morgan fingerprint density at radius 2 is 1.82 bits per heavy atom. The fraction of sp³-hybridized carbons (Fsp3) is 0.630. The van der Waals surface area contributed by atoms with Crippen LogP contribution < -0.4 is 0 Å². The van der Waals surface area contributed by atoms with Crippen LogP contribution in [0.5, 0.6) is 0 Å². The van der Waals surface area contributed by atoms with Gasteiger partial charge in [0.05, 0.1) is 19.1 Å². The van der Waals surface area contributed by atoms with E-state index >= 15 is 0 Å². The van der Waals surface area contributed by atoms with Crippen LogP contribution in [0.2, 0.25) is 19.6 Å². The van der Waals surface area contributed by atoms with E-state index in [2.05, 4.69) is 46.5 Å². The summed E-state index contributed by atoms with van der Waals surface area (Å²) < 4.78 is 23.3. The molecule has 0 fully saturated rings. The predicted octanol–water partition coefficient (Wildman–Crippen LogP) is 5.62. The van der Waals surface area contributed by atoms with E-state index in [0.717, 1.165) is 18.3 Å². The molecular formula is C27H44O6Si. The molecule has 34 heavy (non-hydrogen) atoms. The molecule has 0 radical (unpaired) electrons. The molecule has 1 aliphatic heterocycles. The van der Waals surface area contributed by atoms with E-state index in [0.29, 0.717) is 5.92 Å². The number of esters is 1. The van der Waals surface area contributed by atoms with Gasteiger partial charge in [-0.3, -0.25) is 0 Å². The van der Waals surface area contributed by atoms with Crippen molar-refractivity contribution in [2.24, 2.45) is 17.8 Å². The Kier molecular flexibility index (Phi) is 12.2. The summed E-state index contributed by atoms with van der Waals surface area (Å²) in [4.78, 5) is 24.5. The zero-order chi connectivity index (χ0) is 26.1. The highest BCUT2D eigenvalue weighted by atomic mass is 28.4. The van der Waals surface area contributed by atoms with E-state index in [1.54, 1.807) is 13.0 Å². The van der Waals surface area contributed by atoms with Crippen molar-refractivity contribution in [2.45, 2.75) is 79.0 Å². The summed E-state index contributed by atoms with van der Waals surface area (Å²) in [6.45, 7) is 16.7. The number of allylic oxidation sites excluding steroid dienone is 5. The Morgan fingerprint density at radius 1 is 1.18 bits per heavy atom. The Balaban J connectivity index is 3.54. The van der Waals surface area contributed by atoms with Crippen molar-refractivity contribution in [1.29, 1.82) is 0 Å². The van der Waals surface area contributed by atoms with E-state index in [4.69, 9.17) is 18.6 Å². The second-order valence-corrected chi connectivity index (χ2v) is 14.8. The molecule has 0 aromatic heterocycles. The van der Waals surface area contributed by atoms with Gasteiger partial charge in [0.25, 0.3) is 0 Å². The van der Waals surface area contributed by atoms with Crippen LogP contribution in [0.4, 0.5) is 0 Å². The molecule has 0 amide bonds. The maximum absolute atomic E-state index is 12.9. The molecule has 6 nitrogen and oxygen atoms in total. The number of ether oxygens (including phenoxy) is 3. The molecule has 0 aliphatic carbocycles. The Labute approximate surface area is 207 Å². The third-order valence-corrected chi connectivity index (χ3v) is 6.75. The summed E-state index contributed by atoms with van der Waals surface area (Å²) in [5, 5.41) is 0. The highest BCUT2D eigenvalue weighted by Crippen LogP contribution is 2.28. The lowest BCUT2D eigenvalue weighted by atomic mass is 9.87. The lowest BCUT2D eigenvalue weighted by Gasteiger charge is -2.34. The van der Waals surface area contributed by atoms with Crippen molar-refractivity contribution >= 4 is 20.6 Å². The van der Waals surface area contributed by atoms with Crippen LogP contribution in [0.3, 0.4) is 0 Å². The van der Waals surface area contributed by atoms with Gasteiger partial charge >= 0.3 is 5.97 Å². The number of carbonyl (C=O) groups excluding carboxylic acids is 2. The minimum absolute atomic E-state index is 0.0396. The summed E-state index contributed by atoms with van der Waals surface area (Å²) in [6.07, 6.45) is 9.85. The first-order valence-electron chi connectivity index (χ1n) is 12.0. The van der Waals surface area contributed by atoms with Gasteiger partial charge in [-0.15, -0.1) is 0 Å². The number of methoxy groups -OCH3 is 2. The monoisotopic (exact) mass is 492 g/mol. The molecule has 0 N–H and O–H groups in total. The first-order chi connectivity index (χ1) is 15.8. The molecule has 0 aromatic carbocycles. The number of hydrogen-bond acceptors (Lipinski definition) is 6. The molecule has 0 spiro atoms. The molecule has 192 valence electrons. The van der Waals surface area contributed by atoms with Crippen LogP contribution in [0.1, 0.15) is 41.0 Å². The molecule has 1 rings (SSSR count). The number of aldehydes is 1. The Morgan fingerprint density at radius 3 is 2.35 bits per heavy atom. The minimum atomic E-state index is -1.78. The van der Waals surface area contributed by atoms with Gasteiger partial charge in [-0.05, 0) is 57.8 Å². The van der Waals surface area contributed by atoms with Crippen molar-refractivity contribution < 1.29 is 28.2 Å². The van der Waals surface area contributed by atoms with Gasteiger partial charge in [-0.1, -0.05) is 56.2 Å². The highest BCUT2D eigenvalue weighted by molar-refractivity contribution is 6.69. The first-order valence-corrected chi connectivity index (χ1v) is 15.4. The zero-order valence-corrected chi connectivity index (χ0v) is 23.6. The van der Waals surface area contributed by atoms with Crippen molar-refractivity contribution in [3.8, 4) is 0 Å². The molecule has 0 saturated heterocycles. The molecule has 6 atom stereocenters. The SMILES string of the molecule is CO/C1=C/C(C)=C/[C@@H](C)[C@@H](O[Si](C)(C)C)[C@@H](C)C/C(C)=C/C=C/[C@H](OC)[C@@H]([C@@H](C)C=O)OC1=O. The highest BCUT2D eigenvalue weighted by Gasteiger charge is 2.31. The van der Waals surface area contributed by atoms with Crippen LogP contribution in [-0.4, -0.2) is 53.1 Å². The summed E-state index contributed by atoms with van der Waals surface area (Å²) in [7, 11) is 1.18. The van der Waals surface area contributed by atoms with E-state index in [-0.39, 0.29) is 17.8 Å².